The van der Waals surface area contributed by atoms with Gasteiger partial charge < -0.3 is 15.1 Å². The van der Waals surface area contributed by atoms with Crippen molar-refractivity contribution in [3.05, 3.63) is 54.1 Å². The molecule has 1 N–H and O–H groups in total. The zero-order chi connectivity index (χ0) is 20.9. The van der Waals surface area contributed by atoms with Crippen molar-refractivity contribution in [1.29, 1.82) is 0 Å². The number of aryl methyl sites for hydroxylation is 1. The lowest BCUT2D eigenvalue weighted by Gasteiger charge is -2.36. The number of thiazole rings is 1. The highest BCUT2D eigenvalue weighted by Crippen LogP contribution is 2.27. The largest absolute Gasteiger partial charge is 0.368 e. The normalized spacial score (nSPS) is 14.2. The Morgan fingerprint density at radius 1 is 1.07 bits per heavy atom. The molecule has 0 bridgehead atoms. The molecule has 1 aliphatic heterocycles. The summed E-state index contributed by atoms with van der Waals surface area (Å²) in [6.07, 6.45) is 1.65. The van der Waals surface area contributed by atoms with Gasteiger partial charge in [0.25, 0.3) is 0 Å². The van der Waals surface area contributed by atoms with Gasteiger partial charge in [-0.05, 0) is 36.2 Å². The van der Waals surface area contributed by atoms with Crippen LogP contribution in [0.1, 0.15) is 25.3 Å². The molecule has 2 amide bonds. The number of piperazine rings is 1. The first-order valence-corrected chi connectivity index (χ1v) is 11.2. The van der Waals surface area contributed by atoms with Gasteiger partial charge in [0, 0.05) is 44.7 Å². The van der Waals surface area contributed by atoms with Crippen molar-refractivity contribution in [2.75, 3.05) is 36.4 Å². The molecule has 0 radical (unpaired) electrons. The van der Waals surface area contributed by atoms with Crippen molar-refractivity contribution in [2.45, 2.75) is 26.2 Å². The summed E-state index contributed by atoms with van der Waals surface area (Å²) in [6.45, 7) is 5.09. The fourth-order valence-corrected chi connectivity index (χ4v) is 4.59. The Bertz CT molecular complexity index is 1030. The SMILES string of the molecule is CCC(=O)Nc1nc2ccc(CCC(=O)N3CCN(c4ccccc4)CC3)cc2s1. The van der Waals surface area contributed by atoms with Crippen LogP contribution in [0, 0.1) is 0 Å². The maximum absolute atomic E-state index is 12.7. The van der Waals surface area contributed by atoms with E-state index in [1.165, 1.54) is 17.0 Å². The van der Waals surface area contributed by atoms with Crippen LogP contribution in [0.4, 0.5) is 10.8 Å². The zero-order valence-electron chi connectivity index (χ0n) is 17.1. The van der Waals surface area contributed by atoms with Crippen molar-refractivity contribution in [3.8, 4) is 0 Å². The maximum Gasteiger partial charge on any atom is 0.225 e. The molecule has 1 fully saturated rings. The standard InChI is InChI=1S/C23H26N4O2S/c1-2-21(28)25-23-24-19-10-8-17(16-20(19)30-23)9-11-22(29)27-14-12-26(13-15-27)18-6-4-3-5-7-18/h3-8,10,16H,2,9,11-15H2,1H3,(H,24,25,28). The molecule has 0 aliphatic carbocycles. The number of hydrogen-bond acceptors (Lipinski definition) is 5. The molecule has 6 nitrogen and oxygen atoms in total. The van der Waals surface area contributed by atoms with Gasteiger partial charge in [-0.1, -0.05) is 42.5 Å². The van der Waals surface area contributed by atoms with E-state index in [4.69, 9.17) is 0 Å². The topological polar surface area (TPSA) is 65.5 Å². The van der Waals surface area contributed by atoms with E-state index in [2.05, 4.69) is 33.4 Å². The average Bonchev–Trinajstić information content (AvgIpc) is 3.19. The number of amides is 2. The third-order valence-corrected chi connectivity index (χ3v) is 6.34. The second kappa shape index (κ2) is 9.26. The van der Waals surface area contributed by atoms with E-state index in [0.29, 0.717) is 24.4 Å². The summed E-state index contributed by atoms with van der Waals surface area (Å²) in [5, 5.41) is 3.44. The first-order valence-electron chi connectivity index (χ1n) is 10.4. The summed E-state index contributed by atoms with van der Waals surface area (Å²) in [4.78, 5) is 33.0. The van der Waals surface area contributed by atoms with Gasteiger partial charge in [-0.15, -0.1) is 0 Å². The van der Waals surface area contributed by atoms with Crippen LogP contribution in [0.3, 0.4) is 0 Å². The number of carbonyl (C=O) groups excluding carboxylic acids is 2. The minimum absolute atomic E-state index is 0.0350. The molecule has 2 aromatic carbocycles. The number of hydrogen-bond donors (Lipinski definition) is 1. The Hall–Kier alpha value is -2.93. The first kappa shape index (κ1) is 20.3. The lowest BCUT2D eigenvalue weighted by molar-refractivity contribution is -0.131. The number of carbonyl (C=O) groups is 2. The molecule has 1 aromatic heterocycles. The summed E-state index contributed by atoms with van der Waals surface area (Å²) in [6, 6.07) is 16.4. The second-order valence-electron chi connectivity index (χ2n) is 7.43. The van der Waals surface area contributed by atoms with Crippen LogP contribution < -0.4 is 10.2 Å². The highest BCUT2D eigenvalue weighted by atomic mass is 32.1. The quantitative estimate of drug-likeness (QED) is 0.654. The summed E-state index contributed by atoms with van der Waals surface area (Å²) < 4.78 is 1.03. The highest BCUT2D eigenvalue weighted by Gasteiger charge is 2.21. The van der Waals surface area contributed by atoms with Gasteiger partial charge >= 0.3 is 0 Å². The van der Waals surface area contributed by atoms with Gasteiger partial charge in [0.1, 0.15) is 0 Å². The smallest absolute Gasteiger partial charge is 0.225 e. The van der Waals surface area contributed by atoms with E-state index in [1.54, 1.807) is 0 Å². The van der Waals surface area contributed by atoms with Crippen LogP contribution in [0.15, 0.2) is 48.5 Å². The van der Waals surface area contributed by atoms with Crippen molar-refractivity contribution >= 4 is 44.2 Å². The van der Waals surface area contributed by atoms with E-state index in [9.17, 15) is 9.59 Å². The molecule has 30 heavy (non-hydrogen) atoms. The second-order valence-corrected chi connectivity index (χ2v) is 8.46. The Morgan fingerprint density at radius 2 is 1.83 bits per heavy atom. The van der Waals surface area contributed by atoms with Gasteiger partial charge in [-0.2, -0.15) is 0 Å². The molecule has 1 saturated heterocycles. The number of rotatable bonds is 6. The number of nitrogens with zero attached hydrogens (tertiary/aromatic N) is 3. The van der Waals surface area contributed by atoms with Gasteiger partial charge in [0.05, 0.1) is 10.2 Å². The Labute approximate surface area is 180 Å². The lowest BCUT2D eigenvalue weighted by Crippen LogP contribution is -2.48. The van der Waals surface area contributed by atoms with Crippen LogP contribution in [0.5, 0.6) is 0 Å². The number of anilines is 2. The Kier molecular flexibility index (Phi) is 6.28. The van der Waals surface area contributed by atoms with E-state index >= 15 is 0 Å². The summed E-state index contributed by atoms with van der Waals surface area (Å²) >= 11 is 1.47. The van der Waals surface area contributed by atoms with E-state index in [-0.39, 0.29) is 11.8 Å². The van der Waals surface area contributed by atoms with Gasteiger partial charge in [0.15, 0.2) is 5.13 Å². The molecule has 156 valence electrons. The Balaban J connectivity index is 1.30. The monoisotopic (exact) mass is 422 g/mol. The minimum Gasteiger partial charge on any atom is -0.368 e. The van der Waals surface area contributed by atoms with Gasteiger partial charge in [-0.3, -0.25) is 9.59 Å². The molecule has 1 aliphatic rings. The van der Waals surface area contributed by atoms with Crippen LogP contribution in [0.25, 0.3) is 10.2 Å². The van der Waals surface area contributed by atoms with Gasteiger partial charge in [-0.25, -0.2) is 4.98 Å². The third-order valence-electron chi connectivity index (χ3n) is 5.40. The number of para-hydroxylation sites is 1. The van der Waals surface area contributed by atoms with Crippen molar-refractivity contribution in [2.24, 2.45) is 0 Å². The molecule has 0 unspecified atom stereocenters. The zero-order valence-corrected chi connectivity index (χ0v) is 18.0. The summed E-state index contributed by atoms with van der Waals surface area (Å²) in [5.74, 6) is 0.176. The van der Waals surface area contributed by atoms with E-state index in [1.807, 2.05) is 42.2 Å². The molecule has 0 spiro atoms. The lowest BCUT2D eigenvalue weighted by atomic mass is 10.1. The number of benzene rings is 2. The molecule has 0 saturated carbocycles. The molecule has 0 atom stereocenters. The predicted molar refractivity (Wildman–Crippen MR) is 122 cm³/mol. The maximum atomic E-state index is 12.7. The van der Waals surface area contributed by atoms with E-state index < -0.39 is 0 Å². The number of aromatic nitrogens is 1. The Morgan fingerprint density at radius 3 is 2.57 bits per heavy atom. The molecule has 2 heterocycles. The molecular formula is C23H26N4O2S. The fraction of sp³-hybridized carbons (Fsp3) is 0.348. The van der Waals surface area contributed by atoms with Crippen LogP contribution in [0.2, 0.25) is 0 Å². The fourth-order valence-electron chi connectivity index (χ4n) is 3.65. The van der Waals surface area contributed by atoms with Crippen LogP contribution >= 0.6 is 11.3 Å². The van der Waals surface area contributed by atoms with Crippen LogP contribution in [-0.4, -0.2) is 47.9 Å². The van der Waals surface area contributed by atoms with Gasteiger partial charge in [0.2, 0.25) is 11.8 Å². The number of nitrogens with one attached hydrogen (secondary N) is 1. The molecule has 7 heteroatoms. The average molecular weight is 423 g/mol. The predicted octanol–water partition coefficient (Wildman–Crippen LogP) is 3.93. The van der Waals surface area contributed by atoms with E-state index in [0.717, 1.165) is 42.0 Å². The van der Waals surface area contributed by atoms with Crippen molar-refractivity contribution < 1.29 is 9.59 Å². The third kappa shape index (κ3) is 4.79. The highest BCUT2D eigenvalue weighted by molar-refractivity contribution is 7.22. The minimum atomic E-state index is -0.0350. The molecule has 3 aromatic rings. The molecular weight excluding hydrogens is 396 g/mol. The summed E-state index contributed by atoms with van der Waals surface area (Å²) in [7, 11) is 0. The van der Waals surface area contributed by atoms with Crippen molar-refractivity contribution in [3.63, 3.8) is 0 Å². The molecule has 4 rings (SSSR count). The first-order chi connectivity index (χ1) is 14.6. The number of fused-ring (bicyclic) bond motifs is 1. The summed E-state index contributed by atoms with van der Waals surface area (Å²) in [5.41, 5.74) is 3.21. The van der Waals surface area contributed by atoms with Crippen LogP contribution in [-0.2, 0) is 16.0 Å². The van der Waals surface area contributed by atoms with Crippen molar-refractivity contribution in [1.82, 2.24) is 9.88 Å².